The van der Waals surface area contributed by atoms with E-state index >= 15 is 0 Å². The number of hydrogen-bond donors (Lipinski definition) is 2. The van der Waals surface area contributed by atoms with Gasteiger partial charge in [-0.3, -0.25) is 9.59 Å². The average molecular weight is 434 g/mol. The number of carbonyl (C=O) groups is 2. The van der Waals surface area contributed by atoms with Crippen molar-refractivity contribution in [2.45, 2.75) is 17.1 Å². The Bertz CT molecular complexity index is 938. The number of amides is 2. The number of anilines is 1. The first-order chi connectivity index (χ1) is 12.3. The van der Waals surface area contributed by atoms with Gasteiger partial charge in [0.2, 0.25) is 5.91 Å². The highest BCUT2D eigenvalue weighted by molar-refractivity contribution is 7.91. The Hall–Kier alpha value is -1.46. The lowest BCUT2D eigenvalue weighted by atomic mass is 9.99. The molecule has 140 valence electrons. The van der Waals surface area contributed by atoms with Crippen molar-refractivity contribution in [1.82, 2.24) is 4.31 Å². The minimum absolute atomic E-state index is 0.0843. The summed E-state index contributed by atoms with van der Waals surface area (Å²) in [5, 5.41) is 4.74. The van der Waals surface area contributed by atoms with E-state index in [2.05, 4.69) is 5.32 Å². The summed E-state index contributed by atoms with van der Waals surface area (Å²) < 4.78 is 27.3. The predicted molar refractivity (Wildman–Crippen MR) is 102 cm³/mol. The maximum absolute atomic E-state index is 12.7. The summed E-state index contributed by atoms with van der Waals surface area (Å²) in [4.78, 5) is 23.9. The van der Waals surface area contributed by atoms with Crippen LogP contribution < -0.4 is 11.1 Å². The molecule has 26 heavy (non-hydrogen) atoms. The van der Waals surface area contributed by atoms with Crippen LogP contribution in [0.5, 0.6) is 0 Å². The van der Waals surface area contributed by atoms with Crippen LogP contribution in [0.15, 0.2) is 27.8 Å². The monoisotopic (exact) mass is 433 g/mol. The molecular formula is C15H16ClN3O4S3. The van der Waals surface area contributed by atoms with Gasteiger partial charge in [0.15, 0.2) is 0 Å². The molecule has 2 amide bonds. The fraction of sp³-hybridized carbons (Fsp3) is 0.333. The zero-order valence-electron chi connectivity index (χ0n) is 13.5. The maximum atomic E-state index is 12.7. The number of nitrogens with two attached hydrogens (primary N) is 1. The molecule has 3 rings (SSSR count). The van der Waals surface area contributed by atoms with Crippen molar-refractivity contribution in [3.63, 3.8) is 0 Å². The topological polar surface area (TPSA) is 110 Å². The van der Waals surface area contributed by atoms with Crippen LogP contribution in [0.2, 0.25) is 4.34 Å². The Morgan fingerprint density at radius 3 is 2.73 bits per heavy atom. The summed E-state index contributed by atoms with van der Waals surface area (Å²) in [5.74, 6) is -1.44. The largest absolute Gasteiger partial charge is 0.366 e. The summed E-state index contributed by atoms with van der Waals surface area (Å²) in [6.45, 7) is 0.439. The number of nitrogens with one attached hydrogen (secondary N) is 1. The van der Waals surface area contributed by atoms with E-state index in [-0.39, 0.29) is 22.2 Å². The van der Waals surface area contributed by atoms with Crippen molar-refractivity contribution in [3.8, 4) is 0 Å². The molecule has 0 saturated carbocycles. The molecule has 0 aromatic carbocycles. The van der Waals surface area contributed by atoms with E-state index in [1.807, 2.05) is 0 Å². The minimum Gasteiger partial charge on any atom is -0.366 e. The number of rotatable bonds is 5. The van der Waals surface area contributed by atoms with Crippen molar-refractivity contribution in [2.24, 2.45) is 11.7 Å². The van der Waals surface area contributed by atoms with Crippen LogP contribution in [0, 0.1) is 5.92 Å². The van der Waals surface area contributed by atoms with Gasteiger partial charge in [0.25, 0.3) is 15.9 Å². The van der Waals surface area contributed by atoms with Gasteiger partial charge < -0.3 is 11.1 Å². The first-order valence-corrected chi connectivity index (χ1v) is 11.2. The Balaban J connectivity index is 1.73. The van der Waals surface area contributed by atoms with E-state index in [0.29, 0.717) is 28.7 Å². The first-order valence-electron chi connectivity index (χ1n) is 7.72. The lowest BCUT2D eigenvalue weighted by Crippen LogP contribution is -2.43. The third kappa shape index (κ3) is 3.94. The Morgan fingerprint density at radius 2 is 2.08 bits per heavy atom. The summed E-state index contributed by atoms with van der Waals surface area (Å²) >= 11 is 8.03. The standard InChI is InChI=1S/C15H16ClN3O4S3/c16-11-3-4-12(25-11)26(22,23)19-6-1-2-9(8-19)14(21)18-15-10(13(17)20)5-7-24-15/h3-5,7,9H,1-2,6,8H2,(H2,17,20)(H,18,21). The van der Waals surface area contributed by atoms with Gasteiger partial charge in [0, 0.05) is 13.1 Å². The number of piperidine rings is 1. The lowest BCUT2D eigenvalue weighted by molar-refractivity contribution is -0.120. The first kappa shape index (κ1) is 19.3. The van der Waals surface area contributed by atoms with Crippen LogP contribution in [0.4, 0.5) is 5.00 Å². The van der Waals surface area contributed by atoms with E-state index in [0.717, 1.165) is 11.3 Å². The zero-order valence-corrected chi connectivity index (χ0v) is 16.7. The highest BCUT2D eigenvalue weighted by Gasteiger charge is 2.34. The lowest BCUT2D eigenvalue weighted by Gasteiger charge is -2.30. The molecule has 0 spiro atoms. The molecule has 2 aromatic heterocycles. The number of sulfonamides is 1. The number of carbonyl (C=O) groups excluding carboxylic acids is 2. The third-order valence-electron chi connectivity index (χ3n) is 4.07. The van der Waals surface area contributed by atoms with Crippen LogP contribution in [0.1, 0.15) is 23.2 Å². The molecule has 0 bridgehead atoms. The van der Waals surface area contributed by atoms with Gasteiger partial charge in [-0.1, -0.05) is 11.6 Å². The Kier molecular flexibility index (Phi) is 5.68. The van der Waals surface area contributed by atoms with Gasteiger partial charge in [-0.05, 0) is 36.4 Å². The Morgan fingerprint density at radius 1 is 1.31 bits per heavy atom. The molecule has 3 heterocycles. The van der Waals surface area contributed by atoms with Gasteiger partial charge in [0.05, 0.1) is 15.8 Å². The number of primary amides is 1. The summed E-state index contributed by atoms with van der Waals surface area (Å²) in [7, 11) is -3.68. The van der Waals surface area contributed by atoms with Crippen molar-refractivity contribution in [3.05, 3.63) is 33.5 Å². The van der Waals surface area contributed by atoms with Gasteiger partial charge in [0.1, 0.15) is 9.21 Å². The van der Waals surface area contributed by atoms with Crippen LogP contribution in [0.3, 0.4) is 0 Å². The van der Waals surface area contributed by atoms with Crippen LogP contribution in [-0.2, 0) is 14.8 Å². The second kappa shape index (κ2) is 7.65. The highest BCUT2D eigenvalue weighted by Crippen LogP contribution is 2.31. The van der Waals surface area contributed by atoms with Gasteiger partial charge in [-0.25, -0.2) is 8.42 Å². The predicted octanol–water partition coefficient (Wildman–Crippen LogP) is 2.60. The van der Waals surface area contributed by atoms with Crippen LogP contribution in [-0.4, -0.2) is 37.6 Å². The second-order valence-electron chi connectivity index (χ2n) is 5.78. The van der Waals surface area contributed by atoms with E-state index in [1.165, 1.54) is 27.8 Å². The quantitative estimate of drug-likeness (QED) is 0.755. The van der Waals surface area contributed by atoms with Gasteiger partial charge in [-0.2, -0.15) is 4.31 Å². The summed E-state index contributed by atoms with van der Waals surface area (Å²) in [6.07, 6.45) is 1.14. The molecular weight excluding hydrogens is 418 g/mol. The molecule has 0 radical (unpaired) electrons. The van der Waals surface area contributed by atoms with E-state index in [9.17, 15) is 18.0 Å². The zero-order chi connectivity index (χ0) is 18.9. The van der Waals surface area contributed by atoms with E-state index in [4.69, 9.17) is 17.3 Å². The SMILES string of the molecule is NC(=O)c1ccsc1NC(=O)C1CCCN(S(=O)(=O)c2ccc(Cl)s2)C1. The molecule has 1 saturated heterocycles. The third-order valence-corrected chi connectivity index (χ3v) is 8.46. The average Bonchev–Trinajstić information content (AvgIpc) is 3.24. The van der Waals surface area contributed by atoms with Crippen LogP contribution in [0.25, 0.3) is 0 Å². The maximum Gasteiger partial charge on any atom is 0.252 e. The minimum atomic E-state index is -3.68. The van der Waals surface area contributed by atoms with Crippen molar-refractivity contribution in [1.29, 1.82) is 0 Å². The molecule has 1 aliphatic heterocycles. The fourth-order valence-electron chi connectivity index (χ4n) is 2.75. The molecule has 1 fully saturated rings. The molecule has 11 heteroatoms. The number of halogens is 1. The number of nitrogens with zero attached hydrogens (tertiary/aromatic N) is 1. The van der Waals surface area contributed by atoms with E-state index < -0.39 is 21.8 Å². The summed E-state index contributed by atoms with van der Waals surface area (Å²) in [6, 6.07) is 4.55. The molecule has 0 aliphatic carbocycles. The second-order valence-corrected chi connectivity index (χ2v) is 10.6. The number of hydrogen-bond acceptors (Lipinski definition) is 6. The van der Waals surface area contributed by atoms with Gasteiger partial charge in [-0.15, -0.1) is 22.7 Å². The molecule has 7 nitrogen and oxygen atoms in total. The normalized spacial score (nSPS) is 18.6. The molecule has 2 aromatic rings. The molecule has 3 N–H and O–H groups in total. The van der Waals surface area contributed by atoms with E-state index in [1.54, 1.807) is 11.4 Å². The molecule has 1 atom stereocenters. The van der Waals surface area contributed by atoms with Crippen LogP contribution >= 0.6 is 34.3 Å². The van der Waals surface area contributed by atoms with Crippen molar-refractivity contribution in [2.75, 3.05) is 18.4 Å². The molecule has 1 unspecified atom stereocenters. The Labute approximate surface area is 163 Å². The van der Waals surface area contributed by atoms with Gasteiger partial charge >= 0.3 is 0 Å². The highest BCUT2D eigenvalue weighted by atomic mass is 35.5. The van der Waals surface area contributed by atoms with Crippen molar-refractivity contribution < 1.29 is 18.0 Å². The molecule has 1 aliphatic rings. The summed E-state index contributed by atoms with van der Waals surface area (Å²) in [5.41, 5.74) is 5.53. The smallest absolute Gasteiger partial charge is 0.252 e. The fourth-order valence-corrected chi connectivity index (χ4v) is 6.71. The number of thiophene rings is 2. The van der Waals surface area contributed by atoms with Crippen molar-refractivity contribution >= 4 is 61.1 Å².